The molecule has 3 aromatic rings. The normalized spacial score (nSPS) is 12.5. The van der Waals surface area contributed by atoms with Crippen molar-refractivity contribution in [1.82, 2.24) is 14.3 Å². The molecule has 0 saturated carbocycles. The van der Waals surface area contributed by atoms with Gasteiger partial charge in [0.15, 0.2) is 0 Å². The van der Waals surface area contributed by atoms with Gasteiger partial charge in [0.2, 0.25) is 10.0 Å². The van der Waals surface area contributed by atoms with Crippen LogP contribution >= 0.6 is 0 Å². The van der Waals surface area contributed by atoms with Gasteiger partial charge in [-0.25, -0.2) is 13.4 Å². The van der Waals surface area contributed by atoms with Crippen LogP contribution in [-0.2, 0) is 21.8 Å². The van der Waals surface area contributed by atoms with Gasteiger partial charge >= 0.3 is 0 Å². The predicted molar refractivity (Wildman–Crippen MR) is 117 cm³/mol. The number of rotatable bonds is 10. The highest BCUT2D eigenvalue weighted by Gasteiger charge is 2.26. The Morgan fingerprint density at radius 1 is 1.10 bits per heavy atom. The lowest BCUT2D eigenvalue weighted by molar-refractivity contribution is 0.146. The summed E-state index contributed by atoms with van der Waals surface area (Å²) in [6, 6.07) is 11.3. The highest BCUT2D eigenvalue weighted by atomic mass is 32.2. The molecule has 0 bridgehead atoms. The van der Waals surface area contributed by atoms with Gasteiger partial charge in [0.05, 0.1) is 18.6 Å². The molecule has 31 heavy (non-hydrogen) atoms. The van der Waals surface area contributed by atoms with Gasteiger partial charge < -0.3 is 18.8 Å². The topological polar surface area (TPSA) is 91.7 Å². The summed E-state index contributed by atoms with van der Waals surface area (Å²) in [5.74, 6) is 1.88. The Balaban J connectivity index is 1.91. The Labute approximate surface area is 182 Å². The molecule has 0 amide bonds. The zero-order valence-corrected chi connectivity index (χ0v) is 18.8. The highest BCUT2D eigenvalue weighted by Crippen LogP contribution is 2.27. The summed E-state index contributed by atoms with van der Waals surface area (Å²) in [6.45, 7) is 2.65. The van der Waals surface area contributed by atoms with Gasteiger partial charge in [0.1, 0.15) is 30.0 Å². The highest BCUT2D eigenvalue weighted by molar-refractivity contribution is 7.89. The summed E-state index contributed by atoms with van der Waals surface area (Å²) in [5.41, 5.74) is 1.46. The van der Waals surface area contributed by atoms with Crippen LogP contribution in [0, 0.1) is 6.92 Å². The summed E-state index contributed by atoms with van der Waals surface area (Å²) in [4.78, 5) is 4.51. The smallest absolute Gasteiger partial charge is 0.241 e. The van der Waals surface area contributed by atoms with Crippen LogP contribution in [0.15, 0.2) is 59.8 Å². The molecule has 0 radical (unpaired) electrons. The molecule has 0 aliphatic heterocycles. The van der Waals surface area contributed by atoms with Crippen LogP contribution in [0.3, 0.4) is 0 Å². The molecular formula is C22H27N3O5S. The van der Waals surface area contributed by atoms with Gasteiger partial charge in [-0.3, -0.25) is 0 Å². The second-order valence-corrected chi connectivity index (χ2v) is 8.71. The van der Waals surface area contributed by atoms with E-state index in [-0.39, 0.29) is 4.90 Å². The first kappa shape index (κ1) is 22.8. The quantitative estimate of drug-likeness (QED) is 0.483. The molecule has 0 fully saturated rings. The number of ether oxygens (including phenoxy) is 3. The zero-order chi connectivity index (χ0) is 22.4. The monoisotopic (exact) mass is 445 g/mol. The van der Waals surface area contributed by atoms with Crippen molar-refractivity contribution in [2.45, 2.75) is 17.9 Å². The van der Waals surface area contributed by atoms with E-state index in [4.69, 9.17) is 14.2 Å². The van der Waals surface area contributed by atoms with Gasteiger partial charge in [-0.1, -0.05) is 12.1 Å². The molecule has 0 aliphatic carbocycles. The van der Waals surface area contributed by atoms with Crippen molar-refractivity contribution in [3.8, 4) is 11.5 Å². The van der Waals surface area contributed by atoms with Crippen molar-refractivity contribution < 1.29 is 22.6 Å². The minimum Gasteiger partial charge on any atom is -0.497 e. The molecular weight excluding hydrogens is 418 g/mol. The molecule has 1 N–H and O–H groups in total. The summed E-state index contributed by atoms with van der Waals surface area (Å²) in [7, 11) is 1.16. The molecule has 1 heterocycles. The number of hydrogen-bond acceptors (Lipinski definition) is 6. The van der Waals surface area contributed by atoms with E-state index in [0.717, 1.165) is 11.1 Å². The molecule has 3 rings (SSSR count). The fourth-order valence-electron chi connectivity index (χ4n) is 3.13. The maximum absolute atomic E-state index is 13.2. The lowest BCUT2D eigenvalue weighted by Gasteiger charge is -2.20. The molecule has 0 aliphatic rings. The Morgan fingerprint density at radius 3 is 2.42 bits per heavy atom. The number of sulfonamides is 1. The maximum Gasteiger partial charge on any atom is 0.241 e. The van der Waals surface area contributed by atoms with E-state index in [0.29, 0.717) is 30.5 Å². The average Bonchev–Trinajstić information content (AvgIpc) is 3.19. The van der Waals surface area contributed by atoms with Gasteiger partial charge in [-0.2, -0.15) is 4.72 Å². The Morgan fingerprint density at radius 2 is 1.84 bits per heavy atom. The van der Waals surface area contributed by atoms with Crippen molar-refractivity contribution in [1.29, 1.82) is 0 Å². The van der Waals surface area contributed by atoms with Gasteiger partial charge in [-0.05, 0) is 48.4 Å². The molecule has 1 unspecified atom stereocenters. The van der Waals surface area contributed by atoms with E-state index < -0.39 is 16.1 Å². The predicted octanol–water partition coefficient (Wildman–Crippen LogP) is 2.83. The largest absolute Gasteiger partial charge is 0.497 e. The van der Waals surface area contributed by atoms with Crippen molar-refractivity contribution in [3.63, 3.8) is 0 Å². The molecule has 8 nitrogen and oxygen atoms in total. The molecule has 0 saturated heterocycles. The van der Waals surface area contributed by atoms with Crippen LogP contribution in [-0.4, -0.2) is 45.4 Å². The van der Waals surface area contributed by atoms with Crippen LogP contribution in [0.4, 0.5) is 0 Å². The number of nitrogens with zero attached hydrogens (tertiary/aromatic N) is 2. The summed E-state index contributed by atoms with van der Waals surface area (Å²) in [5, 5.41) is 0. The van der Waals surface area contributed by atoms with Gasteiger partial charge in [0, 0.05) is 26.6 Å². The standard InChI is InChI=1S/C22H27N3O5S/c1-16-15-19(9-10-20(16)30-14-13-28-3)31(26,27)24-21(22-23-11-12-25(22)2)17-5-7-18(29-4)8-6-17/h5-12,15,21,24H,13-14H2,1-4H3. The third kappa shape index (κ3) is 5.43. The van der Waals surface area contributed by atoms with Crippen LogP contribution in [0.5, 0.6) is 11.5 Å². The van der Waals surface area contributed by atoms with Crippen LogP contribution < -0.4 is 14.2 Å². The fraction of sp³-hybridized carbons (Fsp3) is 0.318. The maximum atomic E-state index is 13.2. The SMILES string of the molecule is COCCOc1ccc(S(=O)(=O)NC(c2ccc(OC)cc2)c2nccn2C)cc1C. The van der Waals surface area contributed by atoms with E-state index >= 15 is 0 Å². The molecule has 1 aromatic heterocycles. The lowest BCUT2D eigenvalue weighted by Crippen LogP contribution is -2.31. The molecule has 9 heteroatoms. The fourth-order valence-corrected chi connectivity index (χ4v) is 4.40. The number of aromatic nitrogens is 2. The first-order valence-corrected chi connectivity index (χ1v) is 11.2. The van der Waals surface area contributed by atoms with Crippen LogP contribution in [0.1, 0.15) is 23.0 Å². The average molecular weight is 446 g/mol. The summed E-state index contributed by atoms with van der Waals surface area (Å²) < 4.78 is 46.9. The second-order valence-electron chi connectivity index (χ2n) is 6.99. The minimum atomic E-state index is -3.85. The molecule has 2 aromatic carbocycles. The van der Waals surface area contributed by atoms with Crippen molar-refractivity contribution in [2.75, 3.05) is 27.4 Å². The van der Waals surface area contributed by atoms with E-state index in [1.807, 2.05) is 19.2 Å². The zero-order valence-electron chi connectivity index (χ0n) is 18.0. The van der Waals surface area contributed by atoms with Gasteiger partial charge in [-0.15, -0.1) is 0 Å². The van der Waals surface area contributed by atoms with E-state index in [1.165, 1.54) is 6.07 Å². The van der Waals surface area contributed by atoms with Crippen molar-refractivity contribution >= 4 is 10.0 Å². The van der Waals surface area contributed by atoms with Crippen molar-refractivity contribution in [3.05, 3.63) is 71.8 Å². The number of methoxy groups -OCH3 is 2. The Kier molecular flexibility index (Phi) is 7.32. The van der Waals surface area contributed by atoms with Crippen LogP contribution in [0.25, 0.3) is 0 Å². The number of aryl methyl sites for hydroxylation is 2. The van der Waals surface area contributed by atoms with Crippen molar-refractivity contribution in [2.24, 2.45) is 7.05 Å². The number of nitrogens with one attached hydrogen (secondary N) is 1. The summed E-state index contributed by atoms with van der Waals surface area (Å²) >= 11 is 0. The summed E-state index contributed by atoms with van der Waals surface area (Å²) in [6.07, 6.45) is 3.41. The first-order valence-electron chi connectivity index (χ1n) is 9.71. The number of hydrogen-bond donors (Lipinski definition) is 1. The first-order chi connectivity index (χ1) is 14.9. The van der Waals surface area contributed by atoms with Crippen LogP contribution in [0.2, 0.25) is 0 Å². The van der Waals surface area contributed by atoms with E-state index in [1.54, 1.807) is 62.4 Å². The third-order valence-corrected chi connectivity index (χ3v) is 6.26. The third-order valence-electron chi connectivity index (χ3n) is 4.84. The molecule has 1 atom stereocenters. The van der Waals surface area contributed by atoms with Gasteiger partial charge in [0.25, 0.3) is 0 Å². The molecule has 166 valence electrons. The lowest BCUT2D eigenvalue weighted by atomic mass is 10.1. The van der Waals surface area contributed by atoms with E-state index in [9.17, 15) is 8.42 Å². The van der Waals surface area contributed by atoms with E-state index in [2.05, 4.69) is 9.71 Å². The Hall–Kier alpha value is -2.88. The second kappa shape index (κ2) is 9.95. The minimum absolute atomic E-state index is 0.150. The molecule has 0 spiro atoms. The number of imidazole rings is 1. The number of benzene rings is 2. The Bertz CT molecular complexity index is 1110.